The fraction of sp³-hybridized carbons (Fsp3) is 0.679. The van der Waals surface area contributed by atoms with Crippen molar-refractivity contribution in [3.63, 3.8) is 0 Å². The maximum Gasteiger partial charge on any atom is 0.297 e. The lowest BCUT2D eigenvalue weighted by molar-refractivity contribution is -0.0676. The molecule has 4 heterocycles. The lowest BCUT2D eigenvalue weighted by Crippen LogP contribution is -2.59. The topological polar surface area (TPSA) is 71.2 Å². The molecule has 1 aromatic heterocycles. The SMILES string of the molecule is CC(C)(O)C1CC(Oc2ccc(F)cc2C2CCN([C@@H]3COCC4C(C3)CN4c3ncco3)CC2)C1. The molecule has 0 amide bonds. The van der Waals surface area contributed by atoms with Gasteiger partial charge in [0.2, 0.25) is 0 Å². The van der Waals surface area contributed by atoms with Gasteiger partial charge in [0.15, 0.2) is 0 Å². The molecule has 1 N–H and O–H groups in total. The summed E-state index contributed by atoms with van der Waals surface area (Å²) in [4.78, 5) is 9.10. The van der Waals surface area contributed by atoms with Gasteiger partial charge in [0.1, 0.15) is 17.8 Å². The van der Waals surface area contributed by atoms with E-state index in [1.165, 1.54) is 6.07 Å². The van der Waals surface area contributed by atoms with Crippen molar-refractivity contribution in [1.82, 2.24) is 9.88 Å². The van der Waals surface area contributed by atoms with Crippen LogP contribution in [0.15, 0.2) is 35.1 Å². The predicted octanol–water partition coefficient (Wildman–Crippen LogP) is 4.22. The molecule has 1 aliphatic carbocycles. The third-order valence-corrected chi connectivity index (χ3v) is 9.06. The molecule has 7 nitrogen and oxygen atoms in total. The van der Waals surface area contributed by atoms with Crippen LogP contribution in [0.3, 0.4) is 0 Å². The zero-order valence-corrected chi connectivity index (χ0v) is 21.3. The quantitative estimate of drug-likeness (QED) is 0.638. The van der Waals surface area contributed by atoms with E-state index in [1.54, 1.807) is 24.6 Å². The Balaban J connectivity index is 1.05. The number of likely N-dealkylation sites (tertiary alicyclic amines) is 1. The molecule has 4 aliphatic rings. The van der Waals surface area contributed by atoms with E-state index in [0.29, 0.717) is 29.9 Å². The number of benzene rings is 1. The van der Waals surface area contributed by atoms with Crippen LogP contribution in [-0.4, -0.2) is 71.6 Å². The van der Waals surface area contributed by atoms with Crippen LogP contribution in [0.5, 0.6) is 5.75 Å². The number of hydrogen-bond acceptors (Lipinski definition) is 7. The van der Waals surface area contributed by atoms with Gasteiger partial charge in [-0.25, -0.2) is 9.37 Å². The third-order valence-electron chi connectivity index (χ3n) is 9.06. The van der Waals surface area contributed by atoms with Gasteiger partial charge in [-0.3, -0.25) is 4.90 Å². The molecule has 2 unspecified atom stereocenters. The molecule has 0 spiro atoms. The van der Waals surface area contributed by atoms with Crippen molar-refractivity contribution in [1.29, 1.82) is 0 Å². The van der Waals surface area contributed by atoms with E-state index in [4.69, 9.17) is 13.9 Å². The monoisotopic (exact) mass is 499 g/mol. The Morgan fingerprint density at radius 2 is 1.94 bits per heavy atom. The molecular formula is C28H38FN3O4. The number of aromatic nitrogens is 1. The number of halogens is 1. The minimum Gasteiger partial charge on any atom is -0.490 e. The van der Waals surface area contributed by atoms with Gasteiger partial charge in [-0.1, -0.05) is 0 Å². The Kier molecular flexibility index (Phi) is 6.46. The molecule has 8 heteroatoms. The molecule has 36 heavy (non-hydrogen) atoms. The standard InChI is InChI=1S/C28H38FN3O4/c1-28(2,33)20-12-23(13-20)36-26-4-3-21(29)14-24(26)18-5-8-31(9-6-18)22-11-19-15-32(25(19)17-34-16-22)27-30-7-10-35-27/h3-4,7,10,14,18-20,22-23,25,33H,5-6,8-9,11-13,15-17H2,1-2H3/t19?,20?,22-,23?,25?/m0/s1. The van der Waals surface area contributed by atoms with Crippen LogP contribution in [0.4, 0.5) is 10.4 Å². The summed E-state index contributed by atoms with van der Waals surface area (Å²) in [6.07, 6.45) is 8.22. The molecule has 6 rings (SSSR count). The van der Waals surface area contributed by atoms with E-state index in [9.17, 15) is 9.50 Å². The minimum absolute atomic E-state index is 0.0974. The van der Waals surface area contributed by atoms with Crippen LogP contribution < -0.4 is 9.64 Å². The second-order valence-electron chi connectivity index (χ2n) is 11.8. The van der Waals surface area contributed by atoms with E-state index in [2.05, 4.69) is 14.8 Å². The molecule has 1 aromatic carbocycles. The predicted molar refractivity (Wildman–Crippen MR) is 134 cm³/mol. The Labute approximate surface area is 212 Å². The van der Waals surface area contributed by atoms with Gasteiger partial charge in [0.05, 0.1) is 37.2 Å². The maximum absolute atomic E-state index is 14.3. The highest BCUT2D eigenvalue weighted by Crippen LogP contribution is 2.42. The minimum atomic E-state index is -0.673. The number of piperidine rings is 1. The first-order chi connectivity index (χ1) is 17.3. The molecule has 4 fully saturated rings. The molecule has 2 aromatic rings. The van der Waals surface area contributed by atoms with Crippen molar-refractivity contribution in [3.8, 4) is 5.75 Å². The number of rotatable bonds is 6. The average Bonchev–Trinajstić information content (AvgIpc) is 3.28. The van der Waals surface area contributed by atoms with Gasteiger partial charge in [0.25, 0.3) is 6.01 Å². The van der Waals surface area contributed by atoms with Crippen LogP contribution in [0.25, 0.3) is 0 Å². The average molecular weight is 500 g/mol. The van der Waals surface area contributed by atoms with Gasteiger partial charge in [0, 0.05) is 24.1 Å². The third kappa shape index (κ3) is 4.75. The Hall–Kier alpha value is -2.16. The molecule has 3 aliphatic heterocycles. The summed E-state index contributed by atoms with van der Waals surface area (Å²) in [6.45, 7) is 8.15. The second kappa shape index (κ2) is 9.62. The van der Waals surface area contributed by atoms with E-state index in [1.807, 2.05) is 13.8 Å². The summed E-state index contributed by atoms with van der Waals surface area (Å²) in [5, 5.41) is 10.2. The fourth-order valence-corrected chi connectivity index (χ4v) is 6.60. The van der Waals surface area contributed by atoms with Crippen LogP contribution in [0.1, 0.15) is 57.4 Å². The number of hydrogen-bond donors (Lipinski definition) is 1. The fourth-order valence-electron chi connectivity index (χ4n) is 6.60. The van der Waals surface area contributed by atoms with Gasteiger partial charge >= 0.3 is 0 Å². The molecule has 0 radical (unpaired) electrons. The highest BCUT2D eigenvalue weighted by molar-refractivity contribution is 5.38. The summed E-state index contributed by atoms with van der Waals surface area (Å²) >= 11 is 0. The highest BCUT2D eigenvalue weighted by atomic mass is 19.1. The molecule has 196 valence electrons. The first-order valence-electron chi connectivity index (χ1n) is 13.5. The molecule has 1 saturated carbocycles. The number of fused-ring (bicyclic) bond motifs is 1. The lowest BCUT2D eigenvalue weighted by Gasteiger charge is -2.47. The van der Waals surface area contributed by atoms with Gasteiger partial charge < -0.3 is 23.9 Å². The maximum atomic E-state index is 14.3. The number of ether oxygens (including phenoxy) is 2. The smallest absolute Gasteiger partial charge is 0.297 e. The highest BCUT2D eigenvalue weighted by Gasteiger charge is 2.45. The zero-order chi connectivity index (χ0) is 24.9. The van der Waals surface area contributed by atoms with Crippen LogP contribution >= 0.6 is 0 Å². The van der Waals surface area contributed by atoms with E-state index in [0.717, 1.165) is 76.3 Å². The number of anilines is 1. The van der Waals surface area contributed by atoms with E-state index >= 15 is 0 Å². The summed E-state index contributed by atoms with van der Waals surface area (Å²) in [5.74, 6) is 1.76. The normalized spacial score (nSPS) is 31.8. The van der Waals surface area contributed by atoms with Gasteiger partial charge in [-0.2, -0.15) is 0 Å². The Bertz CT molecular complexity index is 1030. The molecular weight excluding hydrogens is 461 g/mol. The van der Waals surface area contributed by atoms with Crippen molar-refractivity contribution in [2.45, 2.75) is 75.7 Å². The van der Waals surface area contributed by atoms with Crippen LogP contribution in [0.2, 0.25) is 0 Å². The molecule has 3 saturated heterocycles. The van der Waals surface area contributed by atoms with E-state index in [-0.39, 0.29) is 17.8 Å². The lowest BCUT2D eigenvalue weighted by atomic mass is 9.72. The second-order valence-corrected chi connectivity index (χ2v) is 11.8. The number of nitrogens with zero attached hydrogens (tertiary/aromatic N) is 3. The first kappa shape index (κ1) is 24.2. The Morgan fingerprint density at radius 3 is 2.67 bits per heavy atom. The van der Waals surface area contributed by atoms with Gasteiger partial charge in [-0.15, -0.1) is 0 Å². The zero-order valence-electron chi connectivity index (χ0n) is 21.3. The van der Waals surface area contributed by atoms with Crippen LogP contribution in [0, 0.1) is 17.7 Å². The Morgan fingerprint density at radius 1 is 1.14 bits per heavy atom. The van der Waals surface area contributed by atoms with Crippen molar-refractivity contribution in [2.75, 3.05) is 37.7 Å². The summed E-state index contributed by atoms with van der Waals surface area (Å²) in [7, 11) is 0. The number of oxazole rings is 1. The van der Waals surface area contributed by atoms with Crippen LogP contribution in [-0.2, 0) is 4.74 Å². The first-order valence-corrected chi connectivity index (χ1v) is 13.5. The largest absolute Gasteiger partial charge is 0.490 e. The van der Waals surface area contributed by atoms with Crippen molar-refractivity contribution < 1.29 is 23.4 Å². The summed E-state index contributed by atoms with van der Waals surface area (Å²) in [5.41, 5.74) is 0.326. The van der Waals surface area contributed by atoms with Crippen molar-refractivity contribution in [3.05, 3.63) is 42.0 Å². The number of aliphatic hydroxyl groups is 1. The van der Waals surface area contributed by atoms with E-state index < -0.39 is 5.60 Å². The van der Waals surface area contributed by atoms with Gasteiger partial charge in [-0.05, 0) is 89.1 Å². The van der Waals surface area contributed by atoms with Crippen molar-refractivity contribution in [2.24, 2.45) is 11.8 Å². The van der Waals surface area contributed by atoms with Crippen molar-refractivity contribution >= 4 is 6.01 Å². The summed E-state index contributed by atoms with van der Waals surface area (Å²) in [6, 6.07) is 6.44. The molecule has 0 bridgehead atoms. The summed E-state index contributed by atoms with van der Waals surface area (Å²) < 4.78 is 32.2. The molecule has 3 atom stereocenters.